The second-order valence-electron chi connectivity index (χ2n) is 4.44. The van der Waals surface area contributed by atoms with Crippen LogP contribution < -0.4 is 0 Å². The third-order valence-corrected chi connectivity index (χ3v) is 2.93. The maximum atomic E-state index is 5.27. The zero-order valence-electron chi connectivity index (χ0n) is 11.6. The summed E-state index contributed by atoms with van der Waals surface area (Å²) in [5, 5.41) is 0. The van der Waals surface area contributed by atoms with Crippen LogP contribution in [-0.2, 0) is 4.74 Å². The lowest BCUT2D eigenvalue weighted by Crippen LogP contribution is -1.99. The highest BCUT2D eigenvalue weighted by Gasteiger charge is 2.04. The highest BCUT2D eigenvalue weighted by molar-refractivity contribution is 5.19. The molecule has 0 heterocycles. The van der Waals surface area contributed by atoms with Crippen LogP contribution >= 0.6 is 0 Å². The van der Waals surface area contributed by atoms with Crippen LogP contribution in [0.3, 0.4) is 0 Å². The number of hydrogen-bond acceptors (Lipinski definition) is 1. The molecule has 0 bridgehead atoms. The van der Waals surface area contributed by atoms with Crippen molar-refractivity contribution in [3.63, 3.8) is 0 Å². The predicted molar refractivity (Wildman–Crippen MR) is 77.3 cm³/mol. The van der Waals surface area contributed by atoms with Crippen LogP contribution in [-0.4, -0.2) is 13.7 Å². The number of methoxy groups -OCH3 is 1. The molecule has 0 aliphatic rings. The van der Waals surface area contributed by atoms with E-state index >= 15 is 0 Å². The Labute approximate surface area is 107 Å². The van der Waals surface area contributed by atoms with Crippen LogP contribution in [0.2, 0.25) is 0 Å². The van der Waals surface area contributed by atoms with Crippen LogP contribution in [0, 0.1) is 0 Å². The van der Waals surface area contributed by atoms with Gasteiger partial charge in [-0.15, -0.1) is 13.2 Å². The molecular formula is C16H28O. The Hall–Kier alpha value is -0.820. The molecule has 0 rings (SSSR count). The van der Waals surface area contributed by atoms with Crippen molar-refractivity contribution in [2.75, 3.05) is 13.7 Å². The van der Waals surface area contributed by atoms with Crippen molar-refractivity contribution in [1.29, 1.82) is 0 Å². The van der Waals surface area contributed by atoms with Crippen molar-refractivity contribution >= 4 is 0 Å². The molecular weight excluding hydrogens is 208 g/mol. The van der Waals surface area contributed by atoms with Gasteiger partial charge in [-0.25, -0.2) is 0 Å². The summed E-state index contributed by atoms with van der Waals surface area (Å²) in [6.45, 7) is 10.6. The minimum absolute atomic E-state index is 0.725. The standard InChI is InChI=1S/C16H28O/c1-5-8-9-10-13-15(11-6-2)16(12-7-3)14-17-4/h6-7H,2-3,5,8-14H2,1,4H3/b16-15+. The lowest BCUT2D eigenvalue weighted by molar-refractivity contribution is 0.223. The fourth-order valence-electron chi connectivity index (χ4n) is 2.02. The van der Waals surface area contributed by atoms with Gasteiger partial charge in [-0.2, -0.15) is 0 Å². The fourth-order valence-corrected chi connectivity index (χ4v) is 2.02. The second-order valence-corrected chi connectivity index (χ2v) is 4.44. The van der Waals surface area contributed by atoms with Gasteiger partial charge in [0.15, 0.2) is 0 Å². The highest BCUT2D eigenvalue weighted by atomic mass is 16.5. The molecule has 0 unspecified atom stereocenters. The summed E-state index contributed by atoms with van der Waals surface area (Å²) in [7, 11) is 1.76. The average Bonchev–Trinajstić information content (AvgIpc) is 2.33. The van der Waals surface area contributed by atoms with Gasteiger partial charge in [0.2, 0.25) is 0 Å². The van der Waals surface area contributed by atoms with E-state index in [0.29, 0.717) is 0 Å². The quantitative estimate of drug-likeness (QED) is 0.360. The Morgan fingerprint density at radius 2 is 1.65 bits per heavy atom. The first-order valence-electron chi connectivity index (χ1n) is 6.70. The number of allylic oxidation sites excluding steroid dienone is 3. The molecule has 0 aliphatic carbocycles. The molecule has 0 N–H and O–H groups in total. The van der Waals surface area contributed by atoms with Gasteiger partial charge in [0, 0.05) is 7.11 Å². The molecule has 0 atom stereocenters. The van der Waals surface area contributed by atoms with Crippen LogP contribution in [0.15, 0.2) is 36.5 Å². The zero-order valence-corrected chi connectivity index (χ0v) is 11.6. The van der Waals surface area contributed by atoms with E-state index < -0.39 is 0 Å². The summed E-state index contributed by atoms with van der Waals surface area (Å²) >= 11 is 0. The number of ether oxygens (including phenoxy) is 1. The summed E-state index contributed by atoms with van der Waals surface area (Å²) < 4.78 is 5.27. The van der Waals surface area contributed by atoms with Crippen LogP contribution in [0.25, 0.3) is 0 Å². The topological polar surface area (TPSA) is 9.23 Å². The van der Waals surface area contributed by atoms with Gasteiger partial charge < -0.3 is 4.74 Å². The van der Waals surface area contributed by atoms with Crippen molar-refractivity contribution in [2.24, 2.45) is 0 Å². The van der Waals surface area contributed by atoms with E-state index in [-0.39, 0.29) is 0 Å². The van der Waals surface area contributed by atoms with Crippen molar-refractivity contribution in [1.82, 2.24) is 0 Å². The number of hydrogen-bond donors (Lipinski definition) is 0. The monoisotopic (exact) mass is 236 g/mol. The largest absolute Gasteiger partial charge is 0.380 e. The maximum absolute atomic E-state index is 5.27. The van der Waals surface area contributed by atoms with Crippen molar-refractivity contribution in [3.05, 3.63) is 36.5 Å². The van der Waals surface area contributed by atoms with Gasteiger partial charge in [-0.3, -0.25) is 0 Å². The first-order valence-corrected chi connectivity index (χ1v) is 6.70. The molecule has 1 nitrogen and oxygen atoms in total. The summed E-state index contributed by atoms with van der Waals surface area (Å²) in [5.41, 5.74) is 2.89. The Kier molecular flexibility index (Phi) is 11.1. The first kappa shape index (κ1) is 16.2. The van der Waals surface area contributed by atoms with Crippen molar-refractivity contribution < 1.29 is 4.74 Å². The van der Waals surface area contributed by atoms with E-state index in [0.717, 1.165) is 19.4 Å². The highest BCUT2D eigenvalue weighted by Crippen LogP contribution is 2.21. The van der Waals surface area contributed by atoms with Crippen molar-refractivity contribution in [3.8, 4) is 0 Å². The van der Waals surface area contributed by atoms with E-state index in [4.69, 9.17) is 4.74 Å². The fraction of sp³-hybridized carbons (Fsp3) is 0.625. The minimum atomic E-state index is 0.725. The molecule has 0 fully saturated rings. The Morgan fingerprint density at radius 3 is 2.18 bits per heavy atom. The van der Waals surface area contributed by atoms with Crippen LogP contribution in [0.5, 0.6) is 0 Å². The molecule has 0 amide bonds. The normalized spacial score (nSPS) is 12.1. The number of rotatable bonds is 11. The second kappa shape index (κ2) is 11.7. The van der Waals surface area contributed by atoms with Gasteiger partial charge in [-0.1, -0.05) is 43.9 Å². The summed E-state index contributed by atoms with van der Waals surface area (Å²) in [6.07, 6.45) is 12.3. The Morgan fingerprint density at radius 1 is 1.00 bits per heavy atom. The van der Waals surface area contributed by atoms with E-state index in [1.807, 2.05) is 12.2 Å². The summed E-state index contributed by atoms with van der Waals surface area (Å²) in [5.74, 6) is 0. The molecule has 0 aromatic heterocycles. The average molecular weight is 236 g/mol. The van der Waals surface area contributed by atoms with Gasteiger partial charge in [0.25, 0.3) is 0 Å². The molecule has 98 valence electrons. The Balaban J connectivity index is 4.43. The van der Waals surface area contributed by atoms with E-state index in [1.165, 1.54) is 43.3 Å². The number of unbranched alkanes of at least 4 members (excludes halogenated alkanes) is 3. The van der Waals surface area contributed by atoms with Crippen molar-refractivity contribution in [2.45, 2.75) is 51.9 Å². The molecule has 0 spiro atoms. The lowest BCUT2D eigenvalue weighted by Gasteiger charge is -2.12. The maximum Gasteiger partial charge on any atom is 0.0678 e. The smallest absolute Gasteiger partial charge is 0.0678 e. The third kappa shape index (κ3) is 7.98. The Bertz CT molecular complexity index is 238. The molecule has 1 heteroatoms. The van der Waals surface area contributed by atoms with Gasteiger partial charge in [-0.05, 0) is 31.3 Å². The lowest BCUT2D eigenvalue weighted by atomic mass is 9.96. The molecule has 0 saturated carbocycles. The molecule has 0 radical (unpaired) electrons. The first-order chi connectivity index (χ1) is 8.29. The summed E-state index contributed by atoms with van der Waals surface area (Å²) in [6, 6.07) is 0. The zero-order chi connectivity index (χ0) is 12.9. The minimum Gasteiger partial charge on any atom is -0.380 e. The van der Waals surface area contributed by atoms with E-state index in [2.05, 4.69) is 20.1 Å². The SMILES string of the molecule is C=CC/C(CCCCCC)=C(/CC=C)COC. The third-order valence-electron chi connectivity index (χ3n) is 2.93. The van der Waals surface area contributed by atoms with Gasteiger partial charge in [0.05, 0.1) is 6.61 Å². The van der Waals surface area contributed by atoms with Gasteiger partial charge in [0.1, 0.15) is 0 Å². The molecule has 0 saturated heterocycles. The molecule has 17 heavy (non-hydrogen) atoms. The molecule has 0 aromatic rings. The van der Waals surface area contributed by atoms with E-state index in [9.17, 15) is 0 Å². The van der Waals surface area contributed by atoms with E-state index in [1.54, 1.807) is 7.11 Å². The predicted octanol–water partition coefficient (Wildman–Crippen LogP) is 5.05. The molecule has 0 aliphatic heterocycles. The van der Waals surface area contributed by atoms with Gasteiger partial charge >= 0.3 is 0 Å². The van der Waals surface area contributed by atoms with Crippen LogP contribution in [0.1, 0.15) is 51.9 Å². The summed E-state index contributed by atoms with van der Waals surface area (Å²) in [4.78, 5) is 0. The van der Waals surface area contributed by atoms with Crippen LogP contribution in [0.4, 0.5) is 0 Å². The molecule has 0 aromatic carbocycles.